The highest BCUT2D eigenvalue weighted by Crippen LogP contribution is 2.34. The molecule has 25 heavy (non-hydrogen) atoms. The quantitative estimate of drug-likeness (QED) is 0.896. The maximum absolute atomic E-state index is 13.1. The number of hydrogen-bond acceptors (Lipinski definition) is 4. The van der Waals surface area contributed by atoms with Gasteiger partial charge in [-0.15, -0.1) is 0 Å². The summed E-state index contributed by atoms with van der Waals surface area (Å²) in [6.07, 6.45) is 7.55. The van der Waals surface area contributed by atoms with Gasteiger partial charge in [0, 0.05) is 31.4 Å². The number of benzene rings is 1. The van der Waals surface area contributed by atoms with Crippen LogP contribution in [0.5, 0.6) is 0 Å². The third-order valence-corrected chi connectivity index (χ3v) is 7.84. The lowest BCUT2D eigenvalue weighted by atomic mass is 10.0. The fraction of sp³-hybridized carbons (Fsp3) is 0.684. The van der Waals surface area contributed by atoms with Crippen LogP contribution in [0.25, 0.3) is 0 Å². The van der Waals surface area contributed by atoms with Crippen LogP contribution in [0.15, 0.2) is 23.1 Å². The highest BCUT2D eigenvalue weighted by atomic mass is 32.2. The first-order valence-corrected chi connectivity index (χ1v) is 11.2. The molecule has 138 valence electrons. The van der Waals surface area contributed by atoms with Gasteiger partial charge >= 0.3 is 0 Å². The molecule has 0 atom stereocenters. The van der Waals surface area contributed by atoms with Crippen LogP contribution in [0.4, 0.5) is 5.69 Å². The van der Waals surface area contributed by atoms with E-state index < -0.39 is 10.0 Å². The van der Waals surface area contributed by atoms with E-state index in [1.165, 1.54) is 5.56 Å². The summed E-state index contributed by atoms with van der Waals surface area (Å²) in [6, 6.07) is 6.36. The smallest absolute Gasteiger partial charge is 0.243 e. The molecule has 0 aromatic heterocycles. The van der Waals surface area contributed by atoms with Crippen molar-refractivity contribution < 1.29 is 8.42 Å². The van der Waals surface area contributed by atoms with E-state index in [9.17, 15) is 8.42 Å². The molecule has 0 saturated carbocycles. The largest absolute Gasteiger partial charge is 0.368 e. The van der Waals surface area contributed by atoms with E-state index in [4.69, 9.17) is 0 Å². The number of fused-ring (bicyclic) bond motifs is 1. The van der Waals surface area contributed by atoms with Crippen molar-refractivity contribution in [1.82, 2.24) is 9.62 Å². The molecule has 3 aliphatic rings. The first-order chi connectivity index (χ1) is 12.2. The van der Waals surface area contributed by atoms with Gasteiger partial charge in [-0.2, -0.15) is 4.31 Å². The monoisotopic (exact) mass is 363 g/mol. The average molecular weight is 364 g/mol. The summed E-state index contributed by atoms with van der Waals surface area (Å²) < 4.78 is 27.9. The lowest BCUT2D eigenvalue weighted by Crippen LogP contribution is -2.42. The van der Waals surface area contributed by atoms with Gasteiger partial charge in [0.25, 0.3) is 0 Å². The van der Waals surface area contributed by atoms with Crippen LogP contribution >= 0.6 is 0 Å². The van der Waals surface area contributed by atoms with Crippen molar-refractivity contribution in [1.29, 1.82) is 0 Å². The average Bonchev–Trinajstić information content (AvgIpc) is 2.86. The summed E-state index contributed by atoms with van der Waals surface area (Å²) in [5.41, 5.74) is 2.45. The van der Waals surface area contributed by atoms with Crippen LogP contribution in [0, 0.1) is 0 Å². The molecule has 3 aliphatic heterocycles. The number of rotatable bonds is 3. The van der Waals surface area contributed by atoms with Crippen LogP contribution in [0.1, 0.15) is 44.1 Å². The van der Waals surface area contributed by atoms with E-state index in [1.54, 1.807) is 4.31 Å². The predicted octanol–water partition coefficient (Wildman–Crippen LogP) is 2.37. The highest BCUT2D eigenvalue weighted by Gasteiger charge is 2.30. The molecule has 4 rings (SSSR count). The maximum atomic E-state index is 13.1. The van der Waals surface area contributed by atoms with Gasteiger partial charge in [0.05, 0.1) is 4.90 Å². The Hall–Kier alpha value is -1.11. The molecule has 3 heterocycles. The minimum absolute atomic E-state index is 0.481. The van der Waals surface area contributed by atoms with E-state index >= 15 is 0 Å². The fourth-order valence-corrected chi connectivity index (χ4v) is 6.01. The Morgan fingerprint density at radius 3 is 2.40 bits per heavy atom. The number of piperidine rings is 1. The number of anilines is 1. The third kappa shape index (κ3) is 3.44. The Labute approximate surface area is 151 Å². The van der Waals surface area contributed by atoms with Crippen molar-refractivity contribution in [2.24, 2.45) is 0 Å². The molecule has 0 bridgehead atoms. The summed E-state index contributed by atoms with van der Waals surface area (Å²) in [5.74, 6) is 0. The standard InChI is InChI=1S/C19H29N3O2S/c23-25(24,21-12-3-1-2-4-13-21)18-6-5-16-9-14-22(19(16)15-18)17-7-10-20-11-8-17/h5-6,15,17,20H,1-4,7-14H2. The van der Waals surface area contributed by atoms with Gasteiger partial charge in [-0.3, -0.25) is 0 Å². The second kappa shape index (κ2) is 7.25. The number of nitrogens with zero attached hydrogens (tertiary/aromatic N) is 2. The molecule has 1 N–H and O–H groups in total. The van der Waals surface area contributed by atoms with E-state index in [2.05, 4.69) is 10.2 Å². The Balaban J connectivity index is 1.61. The minimum Gasteiger partial charge on any atom is -0.368 e. The molecule has 0 unspecified atom stereocenters. The Morgan fingerprint density at radius 1 is 0.960 bits per heavy atom. The van der Waals surface area contributed by atoms with Crippen molar-refractivity contribution >= 4 is 15.7 Å². The van der Waals surface area contributed by atoms with E-state index in [0.717, 1.165) is 70.3 Å². The summed E-state index contributed by atoms with van der Waals surface area (Å²) in [6.45, 7) is 4.46. The van der Waals surface area contributed by atoms with Gasteiger partial charge in [-0.1, -0.05) is 18.9 Å². The second-order valence-corrected chi connectivity index (χ2v) is 9.47. The normalized spacial score (nSPS) is 23.4. The van der Waals surface area contributed by atoms with Gasteiger partial charge in [0.2, 0.25) is 10.0 Å². The van der Waals surface area contributed by atoms with E-state index in [-0.39, 0.29) is 0 Å². The van der Waals surface area contributed by atoms with Gasteiger partial charge in [-0.05, 0) is 62.9 Å². The van der Waals surface area contributed by atoms with Crippen molar-refractivity contribution in [2.45, 2.75) is 55.9 Å². The van der Waals surface area contributed by atoms with E-state index in [1.807, 2.05) is 18.2 Å². The zero-order chi connectivity index (χ0) is 17.3. The lowest BCUT2D eigenvalue weighted by Gasteiger charge is -2.34. The second-order valence-electron chi connectivity index (χ2n) is 7.53. The van der Waals surface area contributed by atoms with E-state index in [0.29, 0.717) is 24.0 Å². The maximum Gasteiger partial charge on any atom is 0.243 e. The number of hydrogen-bond donors (Lipinski definition) is 1. The first kappa shape index (κ1) is 17.3. The van der Waals surface area contributed by atoms with Crippen molar-refractivity contribution in [3.63, 3.8) is 0 Å². The molecule has 2 saturated heterocycles. The molecule has 0 amide bonds. The molecule has 5 nitrogen and oxygen atoms in total. The van der Waals surface area contributed by atoms with Crippen LogP contribution in [0.2, 0.25) is 0 Å². The molecule has 1 aromatic carbocycles. The molecule has 6 heteroatoms. The number of nitrogens with one attached hydrogen (secondary N) is 1. The molecule has 0 aliphatic carbocycles. The van der Waals surface area contributed by atoms with Gasteiger partial charge in [0.15, 0.2) is 0 Å². The van der Waals surface area contributed by atoms with Crippen molar-refractivity contribution in [2.75, 3.05) is 37.6 Å². The minimum atomic E-state index is -3.37. The molecule has 1 aromatic rings. The fourth-order valence-electron chi connectivity index (χ4n) is 4.47. The van der Waals surface area contributed by atoms with Crippen LogP contribution < -0.4 is 10.2 Å². The SMILES string of the molecule is O=S(=O)(c1ccc2c(c1)N(C1CCNCC1)CC2)N1CCCCCC1. The molecular weight excluding hydrogens is 334 g/mol. The summed E-state index contributed by atoms with van der Waals surface area (Å²) >= 11 is 0. The summed E-state index contributed by atoms with van der Waals surface area (Å²) in [7, 11) is -3.37. The molecular formula is C19H29N3O2S. The van der Waals surface area contributed by atoms with Gasteiger partial charge in [-0.25, -0.2) is 8.42 Å². The molecule has 0 spiro atoms. The van der Waals surface area contributed by atoms with Crippen LogP contribution in [-0.2, 0) is 16.4 Å². The van der Waals surface area contributed by atoms with Crippen LogP contribution in [0.3, 0.4) is 0 Å². The van der Waals surface area contributed by atoms with Gasteiger partial charge in [0.1, 0.15) is 0 Å². The lowest BCUT2D eigenvalue weighted by molar-refractivity contribution is 0.423. The first-order valence-electron chi connectivity index (χ1n) is 9.77. The van der Waals surface area contributed by atoms with Crippen LogP contribution in [-0.4, -0.2) is 51.5 Å². The van der Waals surface area contributed by atoms with Crippen molar-refractivity contribution in [3.8, 4) is 0 Å². The topological polar surface area (TPSA) is 52.7 Å². The Kier molecular flexibility index (Phi) is 5.02. The Morgan fingerprint density at radius 2 is 1.68 bits per heavy atom. The summed E-state index contributed by atoms with van der Waals surface area (Å²) in [5, 5.41) is 3.42. The highest BCUT2D eigenvalue weighted by molar-refractivity contribution is 7.89. The Bertz CT molecular complexity index is 705. The molecule has 0 radical (unpaired) electrons. The molecule has 2 fully saturated rings. The predicted molar refractivity (Wildman–Crippen MR) is 101 cm³/mol. The number of sulfonamides is 1. The van der Waals surface area contributed by atoms with Gasteiger partial charge < -0.3 is 10.2 Å². The zero-order valence-electron chi connectivity index (χ0n) is 14.9. The van der Waals surface area contributed by atoms with Crippen molar-refractivity contribution in [3.05, 3.63) is 23.8 Å². The third-order valence-electron chi connectivity index (χ3n) is 5.94. The zero-order valence-corrected chi connectivity index (χ0v) is 15.7. The summed E-state index contributed by atoms with van der Waals surface area (Å²) in [4.78, 5) is 2.94.